The van der Waals surface area contributed by atoms with Gasteiger partial charge in [0.1, 0.15) is 5.82 Å². The summed E-state index contributed by atoms with van der Waals surface area (Å²) in [5, 5.41) is 15.0. The van der Waals surface area contributed by atoms with Gasteiger partial charge in [0.25, 0.3) is 0 Å². The van der Waals surface area contributed by atoms with E-state index in [0.29, 0.717) is 23.6 Å². The first-order valence-corrected chi connectivity index (χ1v) is 8.35. The molecule has 2 aromatic heterocycles. The van der Waals surface area contributed by atoms with Gasteiger partial charge < -0.3 is 9.84 Å². The lowest BCUT2D eigenvalue weighted by molar-refractivity contribution is 0.199. The molecule has 1 saturated heterocycles. The molecule has 3 aliphatic rings. The van der Waals surface area contributed by atoms with Crippen molar-refractivity contribution in [3.05, 3.63) is 11.7 Å². The Labute approximate surface area is 128 Å². The Hall–Kier alpha value is -1.76. The van der Waals surface area contributed by atoms with Crippen LogP contribution in [0.25, 0.3) is 11.6 Å². The minimum absolute atomic E-state index is 0.0269. The summed E-state index contributed by atoms with van der Waals surface area (Å²) < 4.78 is 5.65. The molecular formula is C15H20N6O. The zero-order valence-corrected chi connectivity index (χ0v) is 12.5. The quantitative estimate of drug-likeness (QED) is 0.899. The van der Waals surface area contributed by atoms with Crippen LogP contribution in [-0.4, -0.2) is 37.9 Å². The molecule has 2 atom stereocenters. The number of aromatic nitrogens is 5. The highest BCUT2D eigenvalue weighted by Gasteiger charge is 2.49. The number of aromatic amines is 1. The monoisotopic (exact) mass is 300 g/mol. The van der Waals surface area contributed by atoms with Crippen LogP contribution in [0.1, 0.15) is 62.6 Å². The fourth-order valence-corrected chi connectivity index (χ4v) is 4.10. The second-order valence-corrected chi connectivity index (χ2v) is 6.90. The van der Waals surface area contributed by atoms with Crippen molar-refractivity contribution in [2.24, 2.45) is 0 Å². The number of fused-ring (bicyclic) bond motifs is 1. The third kappa shape index (κ3) is 1.84. The van der Waals surface area contributed by atoms with Crippen LogP contribution in [-0.2, 0) is 5.41 Å². The SMILES string of the molecule is C1CC[C@@]2(c3nc(-c4n[nH]c(C5CC5)n4)no3)CCN[C@H]2C1. The number of rotatable bonds is 3. The van der Waals surface area contributed by atoms with Gasteiger partial charge in [-0.3, -0.25) is 5.10 Å². The average molecular weight is 300 g/mol. The Kier molecular flexibility index (Phi) is 2.68. The predicted molar refractivity (Wildman–Crippen MR) is 78.2 cm³/mol. The first kappa shape index (κ1) is 12.8. The lowest BCUT2D eigenvalue weighted by atomic mass is 9.70. The van der Waals surface area contributed by atoms with E-state index in [1.807, 2.05) is 0 Å². The van der Waals surface area contributed by atoms with Gasteiger partial charge in [-0.15, -0.1) is 5.10 Å². The van der Waals surface area contributed by atoms with Crippen LogP contribution in [0.2, 0.25) is 0 Å². The van der Waals surface area contributed by atoms with E-state index in [-0.39, 0.29) is 5.41 Å². The molecule has 116 valence electrons. The summed E-state index contributed by atoms with van der Waals surface area (Å²) in [5.41, 5.74) is 0.0269. The summed E-state index contributed by atoms with van der Waals surface area (Å²) in [5.74, 6) is 3.36. The van der Waals surface area contributed by atoms with Crippen molar-refractivity contribution in [2.75, 3.05) is 6.54 Å². The van der Waals surface area contributed by atoms with E-state index in [1.165, 1.54) is 32.1 Å². The maximum atomic E-state index is 5.65. The van der Waals surface area contributed by atoms with Crippen LogP contribution in [0.5, 0.6) is 0 Å². The summed E-state index contributed by atoms with van der Waals surface area (Å²) in [6.07, 6.45) is 8.33. The molecule has 2 aromatic rings. The molecule has 3 heterocycles. The molecule has 7 nitrogen and oxygen atoms in total. The fourth-order valence-electron chi connectivity index (χ4n) is 4.10. The Balaban J connectivity index is 1.47. The van der Waals surface area contributed by atoms with Crippen molar-refractivity contribution in [3.63, 3.8) is 0 Å². The molecule has 1 aliphatic heterocycles. The van der Waals surface area contributed by atoms with Gasteiger partial charge in [-0.05, 0) is 38.6 Å². The number of nitrogens with one attached hydrogen (secondary N) is 2. The van der Waals surface area contributed by atoms with Gasteiger partial charge in [0.05, 0.1) is 5.41 Å². The van der Waals surface area contributed by atoms with Crippen molar-refractivity contribution in [3.8, 4) is 11.6 Å². The van der Waals surface area contributed by atoms with Crippen molar-refractivity contribution in [2.45, 2.75) is 62.3 Å². The Morgan fingerprint density at radius 1 is 1.05 bits per heavy atom. The van der Waals surface area contributed by atoms with Crippen LogP contribution < -0.4 is 5.32 Å². The molecule has 0 unspecified atom stereocenters. The van der Waals surface area contributed by atoms with E-state index in [4.69, 9.17) is 4.52 Å². The minimum Gasteiger partial charge on any atom is -0.338 e. The van der Waals surface area contributed by atoms with E-state index in [9.17, 15) is 0 Å². The molecule has 3 fully saturated rings. The highest BCUT2D eigenvalue weighted by molar-refractivity contribution is 5.42. The maximum Gasteiger partial charge on any atom is 0.242 e. The summed E-state index contributed by atoms with van der Waals surface area (Å²) in [4.78, 5) is 9.18. The molecular weight excluding hydrogens is 280 g/mol. The van der Waals surface area contributed by atoms with Gasteiger partial charge in [-0.2, -0.15) is 4.98 Å². The second-order valence-electron chi connectivity index (χ2n) is 6.90. The van der Waals surface area contributed by atoms with Crippen molar-refractivity contribution < 1.29 is 4.52 Å². The average Bonchev–Trinajstić information content (AvgIpc) is 2.99. The normalized spacial score (nSPS) is 31.4. The molecule has 0 bridgehead atoms. The first-order chi connectivity index (χ1) is 10.9. The fraction of sp³-hybridized carbons (Fsp3) is 0.733. The molecule has 0 spiro atoms. The van der Waals surface area contributed by atoms with Crippen LogP contribution in [0.3, 0.4) is 0 Å². The molecule has 2 saturated carbocycles. The molecule has 0 radical (unpaired) electrons. The minimum atomic E-state index is 0.0269. The highest BCUT2D eigenvalue weighted by Crippen LogP contribution is 2.44. The van der Waals surface area contributed by atoms with E-state index in [1.54, 1.807) is 0 Å². The largest absolute Gasteiger partial charge is 0.338 e. The maximum absolute atomic E-state index is 5.65. The van der Waals surface area contributed by atoms with Gasteiger partial charge in [0.15, 0.2) is 0 Å². The predicted octanol–water partition coefficient (Wildman–Crippen LogP) is 1.91. The summed E-state index contributed by atoms with van der Waals surface area (Å²) in [6, 6.07) is 0.476. The molecule has 22 heavy (non-hydrogen) atoms. The topological polar surface area (TPSA) is 92.5 Å². The molecule has 5 rings (SSSR count). The van der Waals surface area contributed by atoms with Crippen molar-refractivity contribution >= 4 is 0 Å². The zero-order valence-electron chi connectivity index (χ0n) is 12.5. The van der Waals surface area contributed by atoms with Crippen molar-refractivity contribution in [1.82, 2.24) is 30.6 Å². The number of H-pyrrole nitrogens is 1. The van der Waals surface area contributed by atoms with Crippen LogP contribution in [0.4, 0.5) is 0 Å². The van der Waals surface area contributed by atoms with Crippen LogP contribution in [0, 0.1) is 0 Å². The number of hydrogen-bond donors (Lipinski definition) is 2. The van der Waals surface area contributed by atoms with Gasteiger partial charge in [-0.25, -0.2) is 4.98 Å². The molecule has 2 N–H and O–H groups in total. The molecule has 7 heteroatoms. The number of nitrogens with zero attached hydrogens (tertiary/aromatic N) is 4. The molecule has 0 amide bonds. The zero-order chi connectivity index (χ0) is 14.6. The Morgan fingerprint density at radius 3 is 2.91 bits per heavy atom. The number of hydrogen-bond acceptors (Lipinski definition) is 6. The summed E-state index contributed by atoms with van der Waals surface area (Å²) in [6.45, 7) is 1.04. The Morgan fingerprint density at radius 2 is 2.00 bits per heavy atom. The smallest absolute Gasteiger partial charge is 0.242 e. The van der Waals surface area contributed by atoms with Crippen LogP contribution in [0.15, 0.2) is 4.52 Å². The van der Waals surface area contributed by atoms with Gasteiger partial charge in [-0.1, -0.05) is 18.0 Å². The van der Waals surface area contributed by atoms with Gasteiger partial charge in [0.2, 0.25) is 17.5 Å². The lowest BCUT2D eigenvalue weighted by Gasteiger charge is -2.35. The first-order valence-electron chi connectivity index (χ1n) is 8.35. The lowest BCUT2D eigenvalue weighted by Crippen LogP contribution is -2.43. The van der Waals surface area contributed by atoms with Gasteiger partial charge in [0, 0.05) is 12.0 Å². The van der Waals surface area contributed by atoms with E-state index in [0.717, 1.165) is 31.1 Å². The standard InChI is InChI=1S/C15H20N6O/c1-2-6-15(7-8-16-10(15)3-1)14-18-13(21-22-14)12-17-11(19-20-12)9-4-5-9/h9-10,16H,1-8H2,(H,17,19,20)/t10-,15+/m0/s1. The molecule has 0 aromatic carbocycles. The summed E-state index contributed by atoms with van der Waals surface area (Å²) >= 11 is 0. The third-order valence-corrected chi connectivity index (χ3v) is 5.51. The highest BCUT2D eigenvalue weighted by atomic mass is 16.5. The van der Waals surface area contributed by atoms with Crippen LogP contribution >= 0.6 is 0 Å². The summed E-state index contributed by atoms with van der Waals surface area (Å²) in [7, 11) is 0. The van der Waals surface area contributed by atoms with E-state index in [2.05, 4.69) is 30.6 Å². The van der Waals surface area contributed by atoms with Crippen molar-refractivity contribution in [1.29, 1.82) is 0 Å². The van der Waals surface area contributed by atoms with E-state index >= 15 is 0 Å². The third-order valence-electron chi connectivity index (χ3n) is 5.51. The van der Waals surface area contributed by atoms with E-state index < -0.39 is 0 Å². The second kappa shape index (κ2) is 4.62. The Bertz CT molecular complexity index is 690. The molecule has 2 aliphatic carbocycles. The van der Waals surface area contributed by atoms with Gasteiger partial charge >= 0.3 is 0 Å².